The Labute approximate surface area is 230 Å². The van der Waals surface area contributed by atoms with Crippen molar-refractivity contribution in [1.82, 2.24) is 14.9 Å². The molecule has 1 amide bonds. The largest absolute Gasteiger partial charge is 0.452 e. The summed E-state index contributed by atoms with van der Waals surface area (Å²) in [4.78, 5) is 37.8. The zero-order valence-electron chi connectivity index (χ0n) is 21.6. The number of rotatable bonds is 7. The van der Waals surface area contributed by atoms with E-state index < -0.39 is 18.5 Å². The Morgan fingerprint density at radius 1 is 1.03 bits per heavy atom. The third-order valence-electron chi connectivity index (χ3n) is 7.00. The number of esters is 1. The molecular weight excluding hydrogens is 508 g/mol. The molecule has 0 radical (unpaired) electrons. The molecule has 196 valence electrons. The van der Waals surface area contributed by atoms with Crippen LogP contribution >= 0.6 is 11.3 Å². The lowest BCUT2D eigenvalue weighted by Gasteiger charge is -2.29. The first-order chi connectivity index (χ1) is 19.1. The van der Waals surface area contributed by atoms with E-state index in [1.807, 2.05) is 47.8 Å². The van der Waals surface area contributed by atoms with Crippen LogP contribution in [0.2, 0.25) is 0 Å². The van der Waals surface area contributed by atoms with Crippen LogP contribution in [-0.2, 0) is 22.5 Å². The monoisotopic (exact) mass is 536 g/mol. The average Bonchev–Trinajstić information content (AvgIpc) is 3.43. The topological polar surface area (TPSA) is 84.4 Å². The Morgan fingerprint density at radius 2 is 1.85 bits per heavy atom. The summed E-state index contributed by atoms with van der Waals surface area (Å²) < 4.78 is 5.55. The molecule has 8 heteroatoms. The van der Waals surface area contributed by atoms with Crippen molar-refractivity contribution in [3.8, 4) is 11.3 Å². The van der Waals surface area contributed by atoms with Gasteiger partial charge < -0.3 is 4.74 Å². The molecule has 1 aliphatic rings. The number of benzene rings is 3. The van der Waals surface area contributed by atoms with Crippen molar-refractivity contribution < 1.29 is 14.3 Å². The molecule has 1 N–H and O–H groups in total. The molecule has 6 rings (SSSR count). The van der Waals surface area contributed by atoms with Gasteiger partial charge in [-0.2, -0.15) is 0 Å². The number of fused-ring (bicyclic) bond motifs is 3. The minimum absolute atomic E-state index is 0.395. The fourth-order valence-corrected chi connectivity index (χ4v) is 5.89. The van der Waals surface area contributed by atoms with Crippen LogP contribution < -0.4 is 5.32 Å². The number of nitrogens with zero attached hydrogens (tertiary/aromatic N) is 3. The summed E-state index contributed by atoms with van der Waals surface area (Å²) in [5.41, 5.74) is 4.87. The molecule has 5 aromatic rings. The van der Waals surface area contributed by atoms with Crippen LogP contribution in [-0.4, -0.2) is 46.4 Å². The van der Waals surface area contributed by atoms with E-state index in [0.29, 0.717) is 17.2 Å². The highest BCUT2D eigenvalue weighted by Gasteiger charge is 2.26. The number of carbonyl (C=O) groups excluding carboxylic acids is 2. The third kappa shape index (κ3) is 5.26. The maximum Gasteiger partial charge on any atom is 0.339 e. The van der Waals surface area contributed by atoms with Gasteiger partial charge in [0.1, 0.15) is 0 Å². The van der Waals surface area contributed by atoms with E-state index in [2.05, 4.69) is 46.4 Å². The summed E-state index contributed by atoms with van der Waals surface area (Å²) in [5, 5.41) is 8.17. The maximum absolute atomic E-state index is 13.4. The maximum atomic E-state index is 13.4. The fraction of sp³-hybridized carbons (Fsp3) is 0.226. The lowest BCUT2D eigenvalue weighted by Crippen LogP contribution is -2.33. The molecule has 0 bridgehead atoms. The van der Waals surface area contributed by atoms with Gasteiger partial charge in [-0.1, -0.05) is 61.5 Å². The highest BCUT2D eigenvalue weighted by Crippen LogP contribution is 2.30. The SMILES string of the molecule is CCCN1CCc2nc3ccccc3c(C(=O)OCC(=O)Nc3nc(-c4ccc5ccccc5c4)cs3)c2C1. The number of ether oxygens (including phenoxy) is 1. The summed E-state index contributed by atoms with van der Waals surface area (Å²) in [5.74, 6) is -0.933. The summed E-state index contributed by atoms with van der Waals surface area (Å²) in [6.07, 6.45) is 1.82. The smallest absolute Gasteiger partial charge is 0.339 e. The van der Waals surface area contributed by atoms with Gasteiger partial charge in [-0.15, -0.1) is 11.3 Å². The number of pyridine rings is 1. The number of amides is 1. The van der Waals surface area contributed by atoms with Crippen LogP contribution in [0.5, 0.6) is 0 Å². The second-order valence-corrected chi connectivity index (χ2v) is 10.5. The van der Waals surface area contributed by atoms with Crippen LogP contribution in [0.1, 0.15) is 35.0 Å². The van der Waals surface area contributed by atoms with Crippen molar-refractivity contribution in [3.63, 3.8) is 0 Å². The molecule has 3 aromatic carbocycles. The predicted octanol–water partition coefficient (Wildman–Crippen LogP) is 6.08. The molecule has 0 aliphatic carbocycles. The first-order valence-electron chi connectivity index (χ1n) is 13.1. The van der Waals surface area contributed by atoms with E-state index in [9.17, 15) is 9.59 Å². The van der Waals surface area contributed by atoms with Gasteiger partial charge in [0, 0.05) is 47.1 Å². The fourth-order valence-electron chi connectivity index (χ4n) is 5.16. The van der Waals surface area contributed by atoms with Gasteiger partial charge in [-0.25, -0.2) is 9.78 Å². The highest BCUT2D eigenvalue weighted by molar-refractivity contribution is 7.14. The molecule has 7 nitrogen and oxygen atoms in total. The van der Waals surface area contributed by atoms with Crippen molar-refractivity contribution in [2.24, 2.45) is 0 Å². The van der Waals surface area contributed by atoms with Crippen LogP contribution in [0, 0.1) is 0 Å². The third-order valence-corrected chi connectivity index (χ3v) is 7.76. The van der Waals surface area contributed by atoms with Gasteiger partial charge in [0.25, 0.3) is 5.91 Å². The van der Waals surface area contributed by atoms with Gasteiger partial charge in [0.2, 0.25) is 0 Å². The van der Waals surface area contributed by atoms with E-state index >= 15 is 0 Å². The van der Waals surface area contributed by atoms with Crippen molar-refractivity contribution in [2.45, 2.75) is 26.3 Å². The Morgan fingerprint density at radius 3 is 2.72 bits per heavy atom. The lowest BCUT2D eigenvalue weighted by molar-refractivity contribution is -0.119. The molecule has 39 heavy (non-hydrogen) atoms. The molecule has 0 atom stereocenters. The molecule has 0 fully saturated rings. The van der Waals surface area contributed by atoms with Crippen LogP contribution in [0.25, 0.3) is 32.9 Å². The standard InChI is InChI=1S/C31H28N4O3S/c1-2-14-35-15-13-26-24(17-35)29(23-9-5-6-10-25(23)32-26)30(37)38-18-28(36)34-31-33-27(19-39-31)22-12-11-20-7-3-4-8-21(20)16-22/h3-12,16,19H,2,13-15,17-18H2,1H3,(H,33,34,36). The average molecular weight is 537 g/mol. The zero-order valence-corrected chi connectivity index (χ0v) is 22.5. The van der Waals surface area contributed by atoms with Crippen LogP contribution in [0.4, 0.5) is 5.13 Å². The number of para-hydroxylation sites is 1. The number of hydrogen-bond donors (Lipinski definition) is 1. The number of thiazole rings is 1. The Balaban J connectivity index is 1.16. The van der Waals surface area contributed by atoms with E-state index in [4.69, 9.17) is 9.72 Å². The van der Waals surface area contributed by atoms with Gasteiger partial charge >= 0.3 is 5.97 Å². The van der Waals surface area contributed by atoms with Gasteiger partial charge in [0.05, 0.1) is 16.8 Å². The molecule has 0 saturated carbocycles. The van der Waals surface area contributed by atoms with Gasteiger partial charge in [-0.05, 0) is 35.9 Å². The quantitative estimate of drug-likeness (QED) is 0.254. The summed E-state index contributed by atoms with van der Waals surface area (Å²) in [7, 11) is 0. The number of carbonyl (C=O) groups is 2. The number of anilines is 1. The molecule has 1 aliphatic heterocycles. The Kier molecular flexibility index (Phi) is 7.04. The van der Waals surface area contributed by atoms with Crippen molar-refractivity contribution in [1.29, 1.82) is 0 Å². The van der Waals surface area contributed by atoms with Crippen LogP contribution in [0.15, 0.2) is 72.1 Å². The Hall–Kier alpha value is -4.14. The summed E-state index contributed by atoms with van der Waals surface area (Å²) >= 11 is 1.34. The second kappa shape index (κ2) is 10.9. The van der Waals surface area contributed by atoms with Gasteiger partial charge in [0.15, 0.2) is 11.7 Å². The minimum Gasteiger partial charge on any atom is -0.452 e. The number of aromatic nitrogens is 2. The normalized spacial score (nSPS) is 13.4. The molecule has 0 saturated heterocycles. The van der Waals surface area contributed by atoms with Crippen molar-refractivity contribution >= 4 is 50.0 Å². The second-order valence-electron chi connectivity index (χ2n) is 9.68. The number of nitrogens with one attached hydrogen (secondary N) is 1. The molecule has 2 aromatic heterocycles. The van der Waals surface area contributed by atoms with Crippen LogP contribution in [0.3, 0.4) is 0 Å². The first kappa shape index (κ1) is 25.2. The molecular formula is C31H28N4O3S. The molecule has 0 unspecified atom stereocenters. The van der Waals surface area contributed by atoms with E-state index in [1.165, 1.54) is 11.3 Å². The van der Waals surface area contributed by atoms with Crippen molar-refractivity contribution in [2.75, 3.05) is 25.0 Å². The van der Waals surface area contributed by atoms with E-state index in [1.54, 1.807) is 0 Å². The summed E-state index contributed by atoms with van der Waals surface area (Å²) in [6.45, 7) is 4.27. The predicted molar refractivity (Wildman–Crippen MR) is 155 cm³/mol. The number of hydrogen-bond acceptors (Lipinski definition) is 7. The minimum atomic E-state index is -0.505. The van der Waals surface area contributed by atoms with Gasteiger partial charge in [-0.3, -0.25) is 20.0 Å². The van der Waals surface area contributed by atoms with E-state index in [-0.39, 0.29) is 0 Å². The Bertz CT molecular complexity index is 1700. The molecule has 0 spiro atoms. The zero-order chi connectivity index (χ0) is 26.8. The highest BCUT2D eigenvalue weighted by atomic mass is 32.1. The molecule has 3 heterocycles. The van der Waals surface area contributed by atoms with Crippen molar-refractivity contribution in [3.05, 3.63) is 88.9 Å². The lowest BCUT2D eigenvalue weighted by atomic mass is 9.95. The first-order valence-corrected chi connectivity index (χ1v) is 14.0. The summed E-state index contributed by atoms with van der Waals surface area (Å²) in [6, 6.07) is 21.9. The van der Waals surface area contributed by atoms with E-state index in [0.717, 1.165) is 70.1 Å².